The Kier molecular flexibility index (Phi) is 5.15. The fraction of sp³-hybridized carbons (Fsp3) is 0.545. The molecule has 4 rings (SSSR count). The minimum atomic E-state index is 0.131. The summed E-state index contributed by atoms with van der Waals surface area (Å²) in [6, 6.07) is 8.56. The second-order valence-corrected chi connectivity index (χ2v) is 8.65. The van der Waals surface area contributed by atoms with E-state index in [4.69, 9.17) is 4.74 Å². The maximum atomic E-state index is 13.0. The SMILES string of the molecule is CC1(C)CCc2ncn(Cc3cccc(CN4CCOCC4)c3)c(=O)c2C1. The maximum Gasteiger partial charge on any atom is 0.257 e. The second-order valence-electron chi connectivity index (χ2n) is 8.65. The summed E-state index contributed by atoms with van der Waals surface area (Å²) in [5.74, 6) is 0. The molecule has 0 N–H and O–H groups in total. The minimum absolute atomic E-state index is 0.131. The molecule has 2 heterocycles. The zero-order valence-corrected chi connectivity index (χ0v) is 16.4. The van der Waals surface area contributed by atoms with Gasteiger partial charge in [-0.15, -0.1) is 0 Å². The first-order valence-corrected chi connectivity index (χ1v) is 9.95. The Bertz CT molecular complexity index is 866. The summed E-state index contributed by atoms with van der Waals surface area (Å²) in [7, 11) is 0. The van der Waals surface area contributed by atoms with Crippen LogP contribution in [0, 0.1) is 5.41 Å². The lowest BCUT2D eigenvalue weighted by Gasteiger charge is -2.30. The van der Waals surface area contributed by atoms with Crippen molar-refractivity contribution in [2.45, 2.75) is 46.2 Å². The van der Waals surface area contributed by atoms with Gasteiger partial charge in [0.05, 0.1) is 31.8 Å². The first kappa shape index (κ1) is 18.4. The highest BCUT2D eigenvalue weighted by atomic mass is 16.5. The number of benzene rings is 1. The van der Waals surface area contributed by atoms with Crippen LogP contribution in [0.15, 0.2) is 35.4 Å². The fourth-order valence-corrected chi connectivity index (χ4v) is 4.14. The molecule has 2 aliphatic rings. The predicted molar refractivity (Wildman–Crippen MR) is 106 cm³/mol. The van der Waals surface area contributed by atoms with Gasteiger partial charge in [-0.2, -0.15) is 0 Å². The van der Waals surface area contributed by atoms with Crippen molar-refractivity contribution >= 4 is 0 Å². The van der Waals surface area contributed by atoms with Gasteiger partial charge >= 0.3 is 0 Å². The van der Waals surface area contributed by atoms with Gasteiger partial charge in [-0.25, -0.2) is 4.98 Å². The molecule has 2 aromatic rings. The zero-order valence-electron chi connectivity index (χ0n) is 16.4. The van der Waals surface area contributed by atoms with Gasteiger partial charge in [-0.3, -0.25) is 14.3 Å². The molecule has 0 bridgehead atoms. The summed E-state index contributed by atoms with van der Waals surface area (Å²) in [4.78, 5) is 20.0. The van der Waals surface area contributed by atoms with Crippen LogP contribution in [0.3, 0.4) is 0 Å². The van der Waals surface area contributed by atoms with Gasteiger partial charge in [-0.05, 0) is 35.8 Å². The average Bonchev–Trinajstić information content (AvgIpc) is 2.65. The van der Waals surface area contributed by atoms with E-state index in [1.807, 2.05) is 0 Å². The molecule has 1 aromatic carbocycles. The van der Waals surface area contributed by atoms with Crippen LogP contribution >= 0.6 is 0 Å². The largest absolute Gasteiger partial charge is 0.379 e. The molecule has 0 saturated carbocycles. The number of aryl methyl sites for hydroxylation is 1. The van der Waals surface area contributed by atoms with Crippen molar-refractivity contribution in [3.8, 4) is 0 Å². The average molecular weight is 367 g/mol. The fourth-order valence-electron chi connectivity index (χ4n) is 4.14. The van der Waals surface area contributed by atoms with E-state index in [1.165, 1.54) is 5.56 Å². The van der Waals surface area contributed by atoms with E-state index in [2.05, 4.69) is 48.0 Å². The van der Waals surface area contributed by atoms with Crippen LogP contribution in [0.4, 0.5) is 0 Å². The second kappa shape index (κ2) is 7.56. The number of morpholine rings is 1. The Morgan fingerprint density at radius 1 is 1.15 bits per heavy atom. The molecule has 0 amide bonds. The number of nitrogens with zero attached hydrogens (tertiary/aromatic N) is 3. The summed E-state index contributed by atoms with van der Waals surface area (Å²) in [5, 5.41) is 0. The van der Waals surface area contributed by atoms with Gasteiger partial charge in [0.25, 0.3) is 5.56 Å². The van der Waals surface area contributed by atoms with Crippen molar-refractivity contribution in [3.05, 3.63) is 63.3 Å². The summed E-state index contributed by atoms with van der Waals surface area (Å²) >= 11 is 0. The molecule has 1 aliphatic heterocycles. The third kappa shape index (κ3) is 4.30. The molecule has 0 atom stereocenters. The number of rotatable bonds is 4. The lowest BCUT2D eigenvalue weighted by atomic mass is 9.76. The van der Waals surface area contributed by atoms with Crippen LogP contribution in [0.2, 0.25) is 0 Å². The number of aromatic nitrogens is 2. The molecule has 1 saturated heterocycles. The van der Waals surface area contributed by atoms with Crippen LogP contribution in [-0.4, -0.2) is 40.8 Å². The molecule has 5 nitrogen and oxygen atoms in total. The van der Waals surface area contributed by atoms with Gasteiger partial charge in [0.2, 0.25) is 0 Å². The van der Waals surface area contributed by atoms with Crippen LogP contribution < -0.4 is 5.56 Å². The molecule has 1 fully saturated rings. The minimum Gasteiger partial charge on any atom is -0.379 e. The highest BCUT2D eigenvalue weighted by Crippen LogP contribution is 2.32. The Balaban J connectivity index is 1.53. The molecule has 1 aromatic heterocycles. The Labute approximate surface area is 161 Å². The molecule has 27 heavy (non-hydrogen) atoms. The first-order valence-electron chi connectivity index (χ1n) is 9.95. The topological polar surface area (TPSA) is 47.4 Å². The van der Waals surface area contributed by atoms with Crippen molar-refractivity contribution < 1.29 is 4.74 Å². The normalized spacial score (nSPS) is 19.6. The number of hydrogen-bond acceptors (Lipinski definition) is 4. The smallest absolute Gasteiger partial charge is 0.257 e. The van der Waals surface area contributed by atoms with Gasteiger partial charge in [0.1, 0.15) is 0 Å². The molecule has 0 spiro atoms. The third-order valence-corrected chi connectivity index (χ3v) is 5.77. The highest BCUT2D eigenvalue weighted by molar-refractivity contribution is 5.26. The monoisotopic (exact) mass is 367 g/mol. The summed E-state index contributed by atoms with van der Waals surface area (Å²) in [6.07, 6.45) is 4.56. The zero-order chi connectivity index (χ0) is 18.9. The highest BCUT2D eigenvalue weighted by Gasteiger charge is 2.28. The molecule has 5 heteroatoms. The molecule has 1 aliphatic carbocycles. The molecule has 144 valence electrons. The molecular formula is C22H29N3O2. The standard InChI is InChI=1S/C22H29N3O2/c1-22(2)7-6-20-19(13-22)21(26)25(16-23-20)15-18-5-3-4-17(12-18)14-24-8-10-27-11-9-24/h3-5,12,16H,6-11,13-15H2,1-2H3. The lowest BCUT2D eigenvalue weighted by molar-refractivity contribution is 0.0342. The summed E-state index contributed by atoms with van der Waals surface area (Å²) in [6.45, 7) is 9.57. The predicted octanol–water partition coefficient (Wildman–Crippen LogP) is 2.64. The van der Waals surface area contributed by atoms with E-state index in [0.29, 0.717) is 6.54 Å². The van der Waals surface area contributed by atoms with Crippen LogP contribution in [-0.2, 0) is 30.7 Å². The van der Waals surface area contributed by atoms with Crippen molar-refractivity contribution in [3.63, 3.8) is 0 Å². The van der Waals surface area contributed by atoms with Crippen LogP contribution in [0.25, 0.3) is 0 Å². The number of fused-ring (bicyclic) bond motifs is 1. The molecule has 0 radical (unpaired) electrons. The van der Waals surface area contributed by atoms with Crippen LogP contribution in [0.1, 0.15) is 42.7 Å². The van der Waals surface area contributed by atoms with Crippen molar-refractivity contribution in [2.75, 3.05) is 26.3 Å². The Morgan fingerprint density at radius 3 is 2.67 bits per heavy atom. The van der Waals surface area contributed by atoms with E-state index >= 15 is 0 Å². The van der Waals surface area contributed by atoms with E-state index in [1.54, 1.807) is 10.9 Å². The van der Waals surface area contributed by atoms with Crippen molar-refractivity contribution in [1.29, 1.82) is 0 Å². The summed E-state index contributed by atoms with van der Waals surface area (Å²) in [5.41, 5.74) is 4.67. The van der Waals surface area contributed by atoms with Gasteiger partial charge in [-0.1, -0.05) is 38.1 Å². The molecule has 0 unspecified atom stereocenters. The maximum absolute atomic E-state index is 13.0. The van der Waals surface area contributed by atoms with E-state index < -0.39 is 0 Å². The van der Waals surface area contributed by atoms with E-state index in [-0.39, 0.29) is 11.0 Å². The van der Waals surface area contributed by atoms with Crippen molar-refractivity contribution in [1.82, 2.24) is 14.5 Å². The lowest BCUT2D eigenvalue weighted by Crippen LogP contribution is -2.35. The van der Waals surface area contributed by atoms with E-state index in [9.17, 15) is 4.79 Å². The van der Waals surface area contributed by atoms with E-state index in [0.717, 1.165) is 68.9 Å². The first-order chi connectivity index (χ1) is 13.0. The van der Waals surface area contributed by atoms with Crippen LogP contribution in [0.5, 0.6) is 0 Å². The summed E-state index contributed by atoms with van der Waals surface area (Å²) < 4.78 is 7.20. The Hall–Kier alpha value is -1.98. The number of ether oxygens (including phenoxy) is 1. The molecular weight excluding hydrogens is 338 g/mol. The van der Waals surface area contributed by atoms with Gasteiger partial charge in [0, 0.05) is 25.2 Å². The number of hydrogen-bond donors (Lipinski definition) is 0. The quantitative estimate of drug-likeness (QED) is 0.834. The van der Waals surface area contributed by atoms with Gasteiger partial charge in [0.15, 0.2) is 0 Å². The third-order valence-electron chi connectivity index (χ3n) is 5.77. The van der Waals surface area contributed by atoms with Gasteiger partial charge < -0.3 is 4.74 Å². The Morgan fingerprint density at radius 2 is 1.89 bits per heavy atom. The van der Waals surface area contributed by atoms with Crippen molar-refractivity contribution in [2.24, 2.45) is 5.41 Å².